The Labute approximate surface area is 121 Å². The van der Waals surface area contributed by atoms with E-state index >= 15 is 0 Å². The fraction of sp³-hybridized carbons (Fsp3) is 0.533. The molecule has 19 heavy (non-hydrogen) atoms. The number of hydrogen-bond acceptors (Lipinski definition) is 2. The van der Waals surface area contributed by atoms with Crippen LogP contribution in [-0.4, -0.2) is 18.5 Å². The molecule has 1 aromatic carbocycles. The molecule has 2 rings (SSSR count). The molecule has 1 aromatic rings. The quantitative estimate of drug-likeness (QED) is 0.872. The van der Waals surface area contributed by atoms with Crippen molar-refractivity contribution in [2.24, 2.45) is 0 Å². The molecule has 3 nitrogen and oxygen atoms in total. The van der Waals surface area contributed by atoms with Gasteiger partial charge in [-0.15, -0.1) is 12.4 Å². The molecule has 2 N–H and O–H groups in total. The molecule has 1 heterocycles. The molecule has 0 aromatic heterocycles. The van der Waals surface area contributed by atoms with Crippen LogP contribution in [0.5, 0.6) is 0 Å². The standard InChI is InChI=1S/C15H22N2O.ClH/c1-12(13-6-3-2-4-7-13)17-15(18)10-9-14-8-5-11-16-14;/h2-4,6-7,12,14,16H,5,8-11H2,1H3,(H,17,18);1H/t12-,14?;/m1./s1. The minimum absolute atomic E-state index is 0. The zero-order valence-corrected chi connectivity index (χ0v) is 12.2. The van der Waals surface area contributed by atoms with E-state index in [0.29, 0.717) is 12.5 Å². The van der Waals surface area contributed by atoms with Crippen LogP contribution in [0.25, 0.3) is 0 Å². The molecule has 106 valence electrons. The lowest BCUT2D eigenvalue weighted by atomic mass is 10.1. The van der Waals surface area contributed by atoms with Crippen molar-refractivity contribution in [2.75, 3.05) is 6.54 Å². The minimum Gasteiger partial charge on any atom is -0.350 e. The maximum atomic E-state index is 11.8. The third-order valence-electron chi connectivity index (χ3n) is 3.56. The molecular formula is C15H23ClN2O. The molecule has 4 heteroatoms. The number of rotatable bonds is 5. The Morgan fingerprint density at radius 2 is 2.16 bits per heavy atom. The molecule has 1 unspecified atom stereocenters. The maximum absolute atomic E-state index is 11.8. The highest BCUT2D eigenvalue weighted by Crippen LogP contribution is 2.13. The predicted octanol–water partition coefficient (Wildman–Crippen LogP) is 2.82. The highest BCUT2D eigenvalue weighted by molar-refractivity contribution is 5.85. The normalized spacial score (nSPS) is 19.5. The number of carbonyl (C=O) groups excluding carboxylic acids is 1. The van der Waals surface area contributed by atoms with Gasteiger partial charge in [0.15, 0.2) is 0 Å². The van der Waals surface area contributed by atoms with Crippen molar-refractivity contribution in [3.8, 4) is 0 Å². The summed E-state index contributed by atoms with van der Waals surface area (Å²) in [4.78, 5) is 11.8. The lowest BCUT2D eigenvalue weighted by Gasteiger charge is -2.15. The monoisotopic (exact) mass is 282 g/mol. The largest absolute Gasteiger partial charge is 0.350 e. The molecule has 1 saturated heterocycles. The summed E-state index contributed by atoms with van der Waals surface area (Å²) >= 11 is 0. The molecule has 0 saturated carbocycles. The predicted molar refractivity (Wildman–Crippen MR) is 80.5 cm³/mol. The van der Waals surface area contributed by atoms with E-state index in [1.165, 1.54) is 12.8 Å². The molecule has 0 spiro atoms. The van der Waals surface area contributed by atoms with Crippen molar-refractivity contribution in [3.05, 3.63) is 35.9 Å². The molecule has 1 fully saturated rings. The highest BCUT2D eigenvalue weighted by Gasteiger charge is 2.16. The van der Waals surface area contributed by atoms with Crippen molar-refractivity contribution in [1.82, 2.24) is 10.6 Å². The number of halogens is 1. The fourth-order valence-corrected chi connectivity index (χ4v) is 2.45. The van der Waals surface area contributed by atoms with Crippen LogP contribution in [0.15, 0.2) is 30.3 Å². The average Bonchev–Trinajstić information content (AvgIpc) is 2.90. The lowest BCUT2D eigenvalue weighted by molar-refractivity contribution is -0.121. The van der Waals surface area contributed by atoms with E-state index in [1.54, 1.807) is 0 Å². The highest BCUT2D eigenvalue weighted by atomic mass is 35.5. The summed E-state index contributed by atoms with van der Waals surface area (Å²) in [6.45, 7) is 3.13. The van der Waals surface area contributed by atoms with Crippen LogP contribution in [0.2, 0.25) is 0 Å². The van der Waals surface area contributed by atoms with Gasteiger partial charge in [-0.3, -0.25) is 4.79 Å². The Bertz CT molecular complexity index is 377. The summed E-state index contributed by atoms with van der Waals surface area (Å²) in [5.41, 5.74) is 1.16. The van der Waals surface area contributed by atoms with Crippen LogP contribution < -0.4 is 10.6 Å². The van der Waals surface area contributed by atoms with Crippen molar-refractivity contribution in [1.29, 1.82) is 0 Å². The SMILES string of the molecule is C[C@@H](NC(=O)CCC1CCCN1)c1ccccc1.Cl. The zero-order chi connectivity index (χ0) is 12.8. The third kappa shape index (κ3) is 5.21. The molecule has 2 atom stereocenters. The van der Waals surface area contributed by atoms with Crippen molar-refractivity contribution >= 4 is 18.3 Å². The van der Waals surface area contributed by atoms with Gasteiger partial charge >= 0.3 is 0 Å². The Morgan fingerprint density at radius 3 is 2.79 bits per heavy atom. The Balaban J connectivity index is 0.00000180. The van der Waals surface area contributed by atoms with Crippen LogP contribution in [0.3, 0.4) is 0 Å². The first-order valence-corrected chi connectivity index (χ1v) is 6.83. The number of hydrogen-bond donors (Lipinski definition) is 2. The molecule has 0 aliphatic carbocycles. The zero-order valence-electron chi connectivity index (χ0n) is 11.4. The Morgan fingerprint density at radius 1 is 1.42 bits per heavy atom. The van der Waals surface area contributed by atoms with Crippen LogP contribution in [0, 0.1) is 0 Å². The van der Waals surface area contributed by atoms with Crippen molar-refractivity contribution in [2.45, 2.75) is 44.7 Å². The van der Waals surface area contributed by atoms with Gasteiger partial charge in [0, 0.05) is 12.5 Å². The van der Waals surface area contributed by atoms with E-state index < -0.39 is 0 Å². The van der Waals surface area contributed by atoms with Gasteiger partial charge in [0.25, 0.3) is 0 Å². The summed E-state index contributed by atoms with van der Waals surface area (Å²) in [6.07, 6.45) is 4.02. The number of amides is 1. The van der Waals surface area contributed by atoms with E-state index in [4.69, 9.17) is 0 Å². The molecule has 0 radical (unpaired) electrons. The van der Waals surface area contributed by atoms with Crippen LogP contribution in [0.4, 0.5) is 0 Å². The molecule has 1 amide bonds. The first kappa shape index (κ1) is 16.0. The lowest BCUT2D eigenvalue weighted by Crippen LogP contribution is -2.29. The number of nitrogens with one attached hydrogen (secondary N) is 2. The minimum atomic E-state index is 0. The van der Waals surface area contributed by atoms with Gasteiger partial charge in [0.2, 0.25) is 5.91 Å². The van der Waals surface area contributed by atoms with Gasteiger partial charge in [0.1, 0.15) is 0 Å². The van der Waals surface area contributed by atoms with E-state index in [2.05, 4.69) is 10.6 Å². The van der Waals surface area contributed by atoms with E-state index in [9.17, 15) is 4.79 Å². The second-order valence-electron chi connectivity index (χ2n) is 5.03. The summed E-state index contributed by atoms with van der Waals surface area (Å²) in [5.74, 6) is 0.153. The summed E-state index contributed by atoms with van der Waals surface area (Å²) in [7, 11) is 0. The van der Waals surface area contributed by atoms with Gasteiger partial charge in [0.05, 0.1) is 6.04 Å². The van der Waals surface area contributed by atoms with Gasteiger partial charge in [-0.25, -0.2) is 0 Å². The molecule has 1 aliphatic rings. The number of carbonyl (C=O) groups is 1. The van der Waals surface area contributed by atoms with E-state index in [-0.39, 0.29) is 24.4 Å². The average molecular weight is 283 g/mol. The second-order valence-corrected chi connectivity index (χ2v) is 5.03. The second kappa shape index (κ2) is 8.18. The van der Waals surface area contributed by atoms with Crippen LogP contribution >= 0.6 is 12.4 Å². The van der Waals surface area contributed by atoms with Crippen molar-refractivity contribution in [3.63, 3.8) is 0 Å². The van der Waals surface area contributed by atoms with E-state index in [1.807, 2.05) is 37.3 Å². The molecular weight excluding hydrogens is 260 g/mol. The summed E-state index contributed by atoms with van der Waals surface area (Å²) in [5, 5.41) is 6.47. The summed E-state index contributed by atoms with van der Waals surface area (Å²) < 4.78 is 0. The fourth-order valence-electron chi connectivity index (χ4n) is 2.45. The van der Waals surface area contributed by atoms with Crippen LogP contribution in [0.1, 0.15) is 44.2 Å². The Kier molecular flexibility index (Phi) is 6.89. The third-order valence-corrected chi connectivity index (χ3v) is 3.56. The molecule has 0 bridgehead atoms. The van der Waals surface area contributed by atoms with Crippen LogP contribution in [-0.2, 0) is 4.79 Å². The van der Waals surface area contributed by atoms with Gasteiger partial charge < -0.3 is 10.6 Å². The number of benzene rings is 1. The first-order valence-electron chi connectivity index (χ1n) is 6.83. The maximum Gasteiger partial charge on any atom is 0.220 e. The van der Waals surface area contributed by atoms with Crippen molar-refractivity contribution < 1.29 is 4.79 Å². The van der Waals surface area contributed by atoms with E-state index in [0.717, 1.165) is 18.5 Å². The van der Waals surface area contributed by atoms with Gasteiger partial charge in [-0.05, 0) is 38.3 Å². The van der Waals surface area contributed by atoms with Gasteiger partial charge in [-0.2, -0.15) is 0 Å². The topological polar surface area (TPSA) is 41.1 Å². The Hall–Kier alpha value is -1.06. The summed E-state index contributed by atoms with van der Waals surface area (Å²) in [6, 6.07) is 10.7. The first-order chi connectivity index (χ1) is 8.75. The van der Waals surface area contributed by atoms with Gasteiger partial charge in [-0.1, -0.05) is 30.3 Å². The molecule has 1 aliphatic heterocycles. The smallest absolute Gasteiger partial charge is 0.220 e.